The summed E-state index contributed by atoms with van der Waals surface area (Å²) in [6.07, 6.45) is 68.5. The summed E-state index contributed by atoms with van der Waals surface area (Å²) in [5, 5.41) is 0. The van der Waals surface area contributed by atoms with E-state index in [1.54, 1.807) is 0 Å². The lowest BCUT2D eigenvalue weighted by molar-refractivity contribution is -0.167. The lowest BCUT2D eigenvalue weighted by atomic mass is 10.0. The lowest BCUT2D eigenvalue weighted by Gasteiger charge is -2.18. The van der Waals surface area contributed by atoms with Crippen LogP contribution in [0, 0.1) is 0 Å². The maximum Gasteiger partial charge on any atom is 0.306 e. The summed E-state index contributed by atoms with van der Waals surface area (Å²) in [5.74, 6) is -0.834. The molecule has 0 spiro atoms. The molecule has 0 rings (SSSR count). The van der Waals surface area contributed by atoms with Crippen molar-refractivity contribution in [3.8, 4) is 0 Å². The van der Waals surface area contributed by atoms with Crippen molar-refractivity contribution in [3.05, 3.63) is 0 Å². The van der Waals surface area contributed by atoms with Crippen molar-refractivity contribution in [2.45, 2.75) is 380 Å². The van der Waals surface area contributed by atoms with Crippen LogP contribution < -0.4 is 0 Å². The third-order valence-corrected chi connectivity index (χ3v) is 14.9. The smallest absolute Gasteiger partial charge is 0.306 e. The molecule has 0 aliphatic carbocycles. The second-order valence-electron chi connectivity index (χ2n) is 22.1. The number of ether oxygens (including phenoxy) is 3. The number of carbonyl (C=O) groups excluding carboxylic acids is 3. The third kappa shape index (κ3) is 57.3. The highest BCUT2D eigenvalue weighted by molar-refractivity contribution is 5.71. The van der Waals surface area contributed by atoms with Gasteiger partial charge in [0, 0.05) is 19.3 Å². The quantitative estimate of drug-likeness (QED) is 0.0343. The van der Waals surface area contributed by atoms with Crippen LogP contribution in [0.5, 0.6) is 0 Å². The van der Waals surface area contributed by atoms with Crippen LogP contribution in [0.25, 0.3) is 0 Å². The molecule has 0 aliphatic rings. The van der Waals surface area contributed by atoms with E-state index in [1.807, 2.05) is 0 Å². The molecule has 1 atom stereocenters. The Balaban J connectivity index is 4.09. The highest BCUT2D eigenvalue weighted by Gasteiger charge is 2.19. The summed E-state index contributed by atoms with van der Waals surface area (Å²) in [4.78, 5) is 38.1. The molecular weight excluding hydrogens is 865 g/mol. The summed E-state index contributed by atoms with van der Waals surface area (Å²) in [6.45, 7) is 6.69. The monoisotopic (exact) mass is 989 g/mol. The van der Waals surface area contributed by atoms with Gasteiger partial charge in [0.15, 0.2) is 6.10 Å². The molecule has 0 saturated carbocycles. The first kappa shape index (κ1) is 68.4. The van der Waals surface area contributed by atoms with Gasteiger partial charge in [0.1, 0.15) is 13.2 Å². The van der Waals surface area contributed by atoms with E-state index in [4.69, 9.17) is 14.2 Å². The van der Waals surface area contributed by atoms with Crippen LogP contribution in [0.1, 0.15) is 374 Å². The number of hydrogen-bond acceptors (Lipinski definition) is 6. The van der Waals surface area contributed by atoms with Crippen LogP contribution in [-0.4, -0.2) is 37.2 Å². The number of unbranched alkanes of at least 4 members (excludes halogenated alkanes) is 49. The van der Waals surface area contributed by atoms with Gasteiger partial charge in [-0.15, -0.1) is 0 Å². The van der Waals surface area contributed by atoms with E-state index in [2.05, 4.69) is 20.8 Å². The minimum Gasteiger partial charge on any atom is -0.462 e. The zero-order valence-electron chi connectivity index (χ0n) is 47.8. The molecule has 0 N–H and O–H groups in total. The molecule has 0 aliphatic heterocycles. The van der Waals surface area contributed by atoms with Crippen LogP contribution in [0.15, 0.2) is 0 Å². The first-order valence-electron chi connectivity index (χ1n) is 32.0. The molecule has 0 aromatic heterocycles. The second kappa shape index (κ2) is 60.0. The molecule has 70 heavy (non-hydrogen) atoms. The summed E-state index contributed by atoms with van der Waals surface area (Å²) in [5.41, 5.74) is 0. The predicted molar refractivity (Wildman–Crippen MR) is 303 cm³/mol. The maximum atomic E-state index is 12.9. The molecule has 6 heteroatoms. The molecule has 1 unspecified atom stereocenters. The van der Waals surface area contributed by atoms with Crippen molar-refractivity contribution >= 4 is 17.9 Å². The molecular formula is C64H124O6. The number of hydrogen-bond donors (Lipinski definition) is 0. The average molecular weight is 990 g/mol. The van der Waals surface area contributed by atoms with E-state index in [-0.39, 0.29) is 31.1 Å². The van der Waals surface area contributed by atoms with Gasteiger partial charge in [0.05, 0.1) is 0 Å². The van der Waals surface area contributed by atoms with E-state index in [9.17, 15) is 14.4 Å². The number of rotatable bonds is 60. The molecule has 6 nitrogen and oxygen atoms in total. The molecule has 416 valence electrons. The van der Waals surface area contributed by atoms with Gasteiger partial charge in [-0.3, -0.25) is 14.4 Å². The standard InChI is InChI=1S/C64H124O6/c1-4-7-10-13-16-19-21-23-25-27-29-31-32-34-35-37-39-41-43-45-48-51-54-57-63(66)69-60-61(59-68-62(65)56-53-50-47-18-15-12-9-6-3)70-64(67)58-55-52-49-46-44-42-40-38-36-33-30-28-26-24-22-20-17-14-11-8-5-2/h61H,4-60H2,1-3H3. The minimum atomic E-state index is -0.761. The van der Waals surface area contributed by atoms with Gasteiger partial charge >= 0.3 is 17.9 Å². The Kier molecular flexibility index (Phi) is 58.6. The first-order chi connectivity index (χ1) is 34.5. The van der Waals surface area contributed by atoms with Gasteiger partial charge in [0.2, 0.25) is 0 Å². The fourth-order valence-electron chi connectivity index (χ4n) is 10.0. The average Bonchev–Trinajstić information content (AvgIpc) is 3.36. The molecule has 0 amide bonds. The van der Waals surface area contributed by atoms with Crippen molar-refractivity contribution in [2.24, 2.45) is 0 Å². The molecule has 0 bridgehead atoms. The van der Waals surface area contributed by atoms with E-state index in [0.29, 0.717) is 19.3 Å². The molecule has 0 heterocycles. The molecule has 0 saturated heterocycles. The van der Waals surface area contributed by atoms with E-state index < -0.39 is 6.10 Å². The van der Waals surface area contributed by atoms with Crippen molar-refractivity contribution < 1.29 is 28.6 Å². The SMILES string of the molecule is CCCCCCCCCCCCCCCCCCCCCCCCCC(=O)OCC(COC(=O)CCCCCCCCCC)OC(=O)CCCCCCCCCCCCCCCCCCCCCCC. The Morgan fingerprint density at radius 3 is 0.571 bits per heavy atom. The van der Waals surface area contributed by atoms with Crippen molar-refractivity contribution in [1.29, 1.82) is 0 Å². The van der Waals surface area contributed by atoms with Crippen LogP contribution in [0.4, 0.5) is 0 Å². The normalized spacial score (nSPS) is 11.9. The van der Waals surface area contributed by atoms with Gasteiger partial charge in [-0.05, 0) is 19.3 Å². The van der Waals surface area contributed by atoms with Crippen LogP contribution in [0.3, 0.4) is 0 Å². The zero-order chi connectivity index (χ0) is 50.7. The fourth-order valence-corrected chi connectivity index (χ4v) is 10.0. The Morgan fingerprint density at radius 1 is 0.229 bits per heavy atom. The van der Waals surface area contributed by atoms with Gasteiger partial charge < -0.3 is 14.2 Å². The lowest BCUT2D eigenvalue weighted by Crippen LogP contribution is -2.30. The van der Waals surface area contributed by atoms with Crippen molar-refractivity contribution in [1.82, 2.24) is 0 Å². The number of carbonyl (C=O) groups is 3. The van der Waals surface area contributed by atoms with E-state index in [1.165, 1.54) is 276 Å². The van der Waals surface area contributed by atoms with Crippen molar-refractivity contribution in [3.63, 3.8) is 0 Å². The van der Waals surface area contributed by atoms with Crippen LogP contribution >= 0.6 is 0 Å². The van der Waals surface area contributed by atoms with Crippen LogP contribution in [-0.2, 0) is 28.6 Å². The van der Waals surface area contributed by atoms with Gasteiger partial charge in [-0.25, -0.2) is 0 Å². The van der Waals surface area contributed by atoms with Crippen molar-refractivity contribution in [2.75, 3.05) is 13.2 Å². The molecule has 0 radical (unpaired) electrons. The van der Waals surface area contributed by atoms with E-state index in [0.717, 1.165) is 57.8 Å². The van der Waals surface area contributed by atoms with E-state index >= 15 is 0 Å². The topological polar surface area (TPSA) is 78.9 Å². The minimum absolute atomic E-state index is 0.0612. The third-order valence-electron chi connectivity index (χ3n) is 14.9. The Hall–Kier alpha value is -1.59. The molecule has 0 aromatic carbocycles. The first-order valence-corrected chi connectivity index (χ1v) is 32.0. The molecule has 0 fully saturated rings. The highest BCUT2D eigenvalue weighted by atomic mass is 16.6. The van der Waals surface area contributed by atoms with Gasteiger partial charge in [-0.2, -0.15) is 0 Å². The second-order valence-corrected chi connectivity index (χ2v) is 22.1. The van der Waals surface area contributed by atoms with Gasteiger partial charge in [-0.1, -0.05) is 335 Å². The van der Waals surface area contributed by atoms with Gasteiger partial charge in [0.25, 0.3) is 0 Å². The Bertz CT molecular complexity index is 1040. The molecule has 0 aromatic rings. The summed E-state index contributed by atoms with van der Waals surface area (Å²) in [7, 11) is 0. The summed E-state index contributed by atoms with van der Waals surface area (Å²) in [6, 6.07) is 0. The largest absolute Gasteiger partial charge is 0.462 e. The summed E-state index contributed by atoms with van der Waals surface area (Å²) < 4.78 is 16.9. The zero-order valence-corrected chi connectivity index (χ0v) is 47.8. The Labute approximate surface area is 438 Å². The van der Waals surface area contributed by atoms with Crippen LogP contribution in [0.2, 0.25) is 0 Å². The maximum absolute atomic E-state index is 12.9. The Morgan fingerprint density at radius 2 is 0.386 bits per heavy atom. The number of esters is 3. The highest BCUT2D eigenvalue weighted by Crippen LogP contribution is 2.19. The summed E-state index contributed by atoms with van der Waals surface area (Å²) >= 11 is 0. The fraction of sp³-hybridized carbons (Fsp3) is 0.953. The predicted octanol–water partition coefficient (Wildman–Crippen LogP) is 21.5.